The summed E-state index contributed by atoms with van der Waals surface area (Å²) in [6.45, 7) is 2.22. The van der Waals surface area contributed by atoms with Gasteiger partial charge >= 0.3 is 0 Å². The highest BCUT2D eigenvalue weighted by Crippen LogP contribution is 2.26. The van der Waals surface area contributed by atoms with E-state index in [4.69, 9.17) is 4.74 Å². The summed E-state index contributed by atoms with van der Waals surface area (Å²) in [7, 11) is 0. The maximum absolute atomic E-state index is 12.8. The number of rotatable bonds is 4. The molecule has 1 aromatic heterocycles. The Hall–Kier alpha value is -2.83. The van der Waals surface area contributed by atoms with Gasteiger partial charge in [0.2, 0.25) is 5.91 Å². The van der Waals surface area contributed by atoms with Crippen molar-refractivity contribution < 1.29 is 14.3 Å². The van der Waals surface area contributed by atoms with Gasteiger partial charge in [-0.25, -0.2) is 0 Å². The first kappa shape index (κ1) is 21.4. The zero-order valence-electron chi connectivity index (χ0n) is 18.0. The third-order valence-electron chi connectivity index (χ3n) is 6.37. The highest BCUT2D eigenvalue weighted by molar-refractivity contribution is 5.78. The molecule has 2 amide bonds. The first-order valence-corrected chi connectivity index (χ1v) is 11.4. The molecule has 1 N–H and O–H groups in total. The van der Waals surface area contributed by atoms with E-state index in [2.05, 4.69) is 16.5 Å². The standard InChI is InChI=1S/C24H32N4O3/c29-23-18-31-22-10-4-3-8-19(22)7-1-2-9-20-17-27(16-12-21(20)26-23)24(30)11-5-14-28-15-6-13-25-28/h3-4,6,8,10,13,15,20-21H,1-2,5,7,9,11-12,14,16-18H2,(H,26,29)/t20-,21-/m1/s1. The van der Waals surface area contributed by atoms with Gasteiger partial charge in [0.25, 0.3) is 5.91 Å². The Bertz CT molecular complexity index is 867. The van der Waals surface area contributed by atoms with Crippen LogP contribution in [0.2, 0.25) is 0 Å². The quantitative estimate of drug-likeness (QED) is 0.819. The van der Waals surface area contributed by atoms with Gasteiger partial charge in [-0.3, -0.25) is 14.3 Å². The number of carbonyl (C=O) groups is 2. The average molecular weight is 425 g/mol. The lowest BCUT2D eigenvalue weighted by molar-refractivity contribution is -0.134. The van der Waals surface area contributed by atoms with Crippen LogP contribution in [0.4, 0.5) is 0 Å². The highest BCUT2D eigenvalue weighted by Gasteiger charge is 2.32. The lowest BCUT2D eigenvalue weighted by atomic mass is 9.87. The van der Waals surface area contributed by atoms with Crippen molar-refractivity contribution in [1.29, 1.82) is 0 Å². The minimum atomic E-state index is -0.0793. The number of amides is 2. The summed E-state index contributed by atoms with van der Waals surface area (Å²) in [5, 5.41) is 7.37. The Kier molecular flexibility index (Phi) is 7.22. The monoisotopic (exact) mass is 424 g/mol. The van der Waals surface area contributed by atoms with Crippen LogP contribution in [0.25, 0.3) is 0 Å². The van der Waals surface area contributed by atoms with E-state index in [-0.39, 0.29) is 24.5 Å². The van der Waals surface area contributed by atoms with E-state index >= 15 is 0 Å². The first-order chi connectivity index (χ1) is 15.2. The number of aryl methyl sites for hydroxylation is 2. The fourth-order valence-electron chi connectivity index (χ4n) is 4.69. The maximum Gasteiger partial charge on any atom is 0.258 e. The second-order valence-corrected chi connectivity index (χ2v) is 8.58. The largest absolute Gasteiger partial charge is 0.483 e. The molecule has 4 rings (SSSR count). The van der Waals surface area contributed by atoms with Crippen LogP contribution in [0.3, 0.4) is 0 Å². The number of ether oxygens (including phenoxy) is 1. The molecule has 166 valence electrons. The van der Waals surface area contributed by atoms with Crippen LogP contribution >= 0.6 is 0 Å². The number of benzene rings is 1. The Labute approximate surface area is 183 Å². The van der Waals surface area contributed by atoms with Crippen LogP contribution in [-0.4, -0.2) is 52.2 Å². The first-order valence-electron chi connectivity index (χ1n) is 11.4. The molecule has 2 aliphatic heterocycles. The van der Waals surface area contributed by atoms with E-state index in [9.17, 15) is 9.59 Å². The molecule has 7 nitrogen and oxygen atoms in total. The second-order valence-electron chi connectivity index (χ2n) is 8.58. The third kappa shape index (κ3) is 5.87. The van der Waals surface area contributed by atoms with Gasteiger partial charge < -0.3 is 15.0 Å². The number of likely N-dealkylation sites (tertiary alicyclic amines) is 1. The second kappa shape index (κ2) is 10.5. The molecule has 2 aromatic rings. The maximum atomic E-state index is 12.8. The Morgan fingerprint density at radius 2 is 2.10 bits per heavy atom. The summed E-state index contributed by atoms with van der Waals surface area (Å²) in [5.41, 5.74) is 1.16. The number of fused-ring (bicyclic) bond motifs is 2. The number of para-hydroxylation sites is 1. The van der Waals surface area contributed by atoms with Crippen molar-refractivity contribution in [3.05, 3.63) is 48.3 Å². The van der Waals surface area contributed by atoms with Crippen molar-refractivity contribution in [2.45, 2.75) is 57.5 Å². The van der Waals surface area contributed by atoms with E-state index in [0.717, 1.165) is 62.9 Å². The summed E-state index contributed by atoms with van der Waals surface area (Å²) in [6, 6.07) is 9.98. The number of nitrogens with zero attached hydrogens (tertiary/aromatic N) is 3. The molecule has 1 aromatic carbocycles. The van der Waals surface area contributed by atoms with E-state index in [1.165, 1.54) is 0 Å². The van der Waals surface area contributed by atoms with Gasteiger partial charge in [-0.15, -0.1) is 0 Å². The van der Waals surface area contributed by atoms with Gasteiger partial charge in [0.05, 0.1) is 0 Å². The summed E-state index contributed by atoms with van der Waals surface area (Å²) in [6.07, 6.45) is 9.93. The van der Waals surface area contributed by atoms with Gasteiger partial charge in [0, 0.05) is 44.5 Å². The number of piperidine rings is 1. The summed E-state index contributed by atoms with van der Waals surface area (Å²) in [5.74, 6) is 1.23. The topological polar surface area (TPSA) is 76.5 Å². The van der Waals surface area contributed by atoms with Gasteiger partial charge in [0.1, 0.15) is 5.75 Å². The number of nitrogens with one attached hydrogen (secondary N) is 1. The number of hydrogen-bond donors (Lipinski definition) is 1. The smallest absolute Gasteiger partial charge is 0.258 e. The lowest BCUT2D eigenvalue weighted by Gasteiger charge is -2.39. The highest BCUT2D eigenvalue weighted by atomic mass is 16.5. The molecular weight excluding hydrogens is 392 g/mol. The molecule has 0 radical (unpaired) electrons. The molecule has 1 saturated heterocycles. The van der Waals surface area contributed by atoms with E-state index in [0.29, 0.717) is 18.9 Å². The molecule has 2 atom stereocenters. The van der Waals surface area contributed by atoms with Crippen LogP contribution in [-0.2, 0) is 22.6 Å². The summed E-state index contributed by atoms with van der Waals surface area (Å²) >= 11 is 0. The molecule has 0 aliphatic carbocycles. The molecule has 0 saturated carbocycles. The van der Waals surface area contributed by atoms with Gasteiger partial charge in [0.15, 0.2) is 6.61 Å². The van der Waals surface area contributed by atoms with Crippen LogP contribution < -0.4 is 10.1 Å². The van der Waals surface area contributed by atoms with E-state index in [1.54, 1.807) is 6.20 Å². The molecule has 7 heteroatoms. The van der Waals surface area contributed by atoms with Crippen molar-refractivity contribution in [1.82, 2.24) is 20.0 Å². The fourth-order valence-corrected chi connectivity index (χ4v) is 4.69. The van der Waals surface area contributed by atoms with Crippen molar-refractivity contribution in [2.75, 3.05) is 19.7 Å². The molecule has 3 heterocycles. The average Bonchev–Trinajstić information content (AvgIpc) is 3.29. The van der Waals surface area contributed by atoms with Crippen LogP contribution in [0.15, 0.2) is 42.7 Å². The molecule has 1 fully saturated rings. The third-order valence-corrected chi connectivity index (χ3v) is 6.37. The van der Waals surface area contributed by atoms with E-state index in [1.807, 2.05) is 40.0 Å². The molecule has 2 aliphatic rings. The molecular formula is C24H32N4O3. The minimum absolute atomic E-state index is 0.0380. The molecule has 0 spiro atoms. The number of aromatic nitrogens is 2. The van der Waals surface area contributed by atoms with Gasteiger partial charge in [-0.2, -0.15) is 5.10 Å². The Balaban J connectivity index is 1.33. The van der Waals surface area contributed by atoms with E-state index < -0.39 is 0 Å². The van der Waals surface area contributed by atoms with Crippen LogP contribution in [0.1, 0.15) is 44.1 Å². The zero-order valence-corrected chi connectivity index (χ0v) is 18.0. The predicted octanol–water partition coefficient (Wildman–Crippen LogP) is 2.80. The predicted molar refractivity (Wildman–Crippen MR) is 118 cm³/mol. The lowest BCUT2D eigenvalue weighted by Crippen LogP contribution is -2.53. The zero-order chi connectivity index (χ0) is 21.5. The van der Waals surface area contributed by atoms with Gasteiger partial charge in [-0.1, -0.05) is 24.6 Å². The number of hydrogen-bond acceptors (Lipinski definition) is 4. The van der Waals surface area contributed by atoms with Gasteiger partial charge in [-0.05, 0) is 55.7 Å². The van der Waals surface area contributed by atoms with Crippen LogP contribution in [0, 0.1) is 5.92 Å². The molecule has 0 unspecified atom stereocenters. The Morgan fingerprint density at radius 3 is 2.97 bits per heavy atom. The number of carbonyl (C=O) groups excluding carboxylic acids is 2. The van der Waals surface area contributed by atoms with Crippen molar-refractivity contribution >= 4 is 11.8 Å². The fraction of sp³-hybridized carbons (Fsp3) is 0.542. The molecule has 0 bridgehead atoms. The van der Waals surface area contributed by atoms with Crippen molar-refractivity contribution in [3.63, 3.8) is 0 Å². The van der Waals surface area contributed by atoms with Crippen molar-refractivity contribution in [3.8, 4) is 5.75 Å². The van der Waals surface area contributed by atoms with Crippen molar-refractivity contribution in [2.24, 2.45) is 5.92 Å². The normalized spacial score (nSPS) is 22.2. The SMILES string of the molecule is O=C1COc2ccccc2CCCC[C@@H]2CN(C(=O)CCCn3cccn3)CC[C@H]2N1. The molecule has 31 heavy (non-hydrogen) atoms. The summed E-state index contributed by atoms with van der Waals surface area (Å²) < 4.78 is 7.67. The van der Waals surface area contributed by atoms with Crippen LogP contribution in [0.5, 0.6) is 5.75 Å². The Morgan fingerprint density at radius 1 is 1.19 bits per heavy atom. The summed E-state index contributed by atoms with van der Waals surface area (Å²) in [4.78, 5) is 27.3. The minimum Gasteiger partial charge on any atom is -0.483 e.